The van der Waals surface area contributed by atoms with E-state index in [9.17, 15) is 0 Å². The van der Waals surface area contributed by atoms with E-state index in [1.54, 1.807) is 0 Å². The molecule has 0 bridgehead atoms. The number of allylic oxidation sites excluding steroid dienone is 2. The van der Waals surface area contributed by atoms with Gasteiger partial charge in [-0.05, 0) is 70.2 Å². The number of benzene rings is 4. The van der Waals surface area contributed by atoms with Crippen molar-refractivity contribution in [1.29, 1.82) is 0 Å². The van der Waals surface area contributed by atoms with Crippen molar-refractivity contribution in [3.63, 3.8) is 0 Å². The Hall–Kier alpha value is -3.38. The quantitative estimate of drug-likeness (QED) is 0.301. The summed E-state index contributed by atoms with van der Waals surface area (Å²) in [5, 5.41) is 0. The zero-order valence-corrected chi connectivity index (χ0v) is 18.4. The maximum atomic E-state index is 2.49. The molecule has 4 aromatic carbocycles. The maximum absolute atomic E-state index is 2.49. The Morgan fingerprint density at radius 2 is 0.625 bits per heavy atom. The molecule has 0 N–H and O–H groups in total. The fraction of sp³-hybridized carbons (Fsp3) is 0.188. The van der Waals surface area contributed by atoms with Crippen molar-refractivity contribution in [3.05, 3.63) is 154 Å². The van der Waals surface area contributed by atoms with Crippen LogP contribution in [0.25, 0.3) is 0 Å². The van der Waals surface area contributed by atoms with E-state index in [1.165, 1.54) is 44.5 Å². The fourth-order valence-corrected chi connectivity index (χ4v) is 5.77. The van der Waals surface area contributed by atoms with Crippen molar-refractivity contribution in [1.82, 2.24) is 0 Å². The second-order valence-corrected chi connectivity index (χ2v) is 9.14. The fourth-order valence-electron chi connectivity index (χ4n) is 5.77. The maximum Gasteiger partial charge on any atom is 0.0275 e. The van der Waals surface area contributed by atoms with E-state index in [4.69, 9.17) is 0 Å². The molecule has 0 heterocycles. The Morgan fingerprint density at radius 1 is 0.375 bits per heavy atom. The Balaban J connectivity index is 1.50. The second-order valence-electron chi connectivity index (χ2n) is 9.14. The first-order valence-electron chi connectivity index (χ1n) is 11.9. The molecule has 0 aromatic heterocycles. The van der Waals surface area contributed by atoms with E-state index in [1.807, 2.05) is 0 Å². The molecular weight excluding hydrogens is 384 g/mol. The van der Waals surface area contributed by atoms with Crippen LogP contribution in [0.2, 0.25) is 0 Å². The number of hydrogen-bond donors (Lipinski definition) is 0. The van der Waals surface area contributed by atoms with Crippen LogP contribution in [0, 0.1) is 0 Å². The van der Waals surface area contributed by atoms with E-state index in [2.05, 4.69) is 109 Å². The average Bonchev–Trinajstić information content (AvgIpc) is 3.11. The third-order valence-corrected chi connectivity index (χ3v) is 7.38. The molecule has 0 saturated carbocycles. The number of rotatable bonds is 2. The van der Waals surface area contributed by atoms with Gasteiger partial charge in [0.2, 0.25) is 0 Å². The third kappa shape index (κ3) is 3.41. The molecule has 156 valence electrons. The second kappa shape index (κ2) is 8.28. The van der Waals surface area contributed by atoms with Gasteiger partial charge in [-0.15, -0.1) is 0 Å². The summed E-state index contributed by atoms with van der Waals surface area (Å²) >= 11 is 0. The lowest BCUT2D eigenvalue weighted by molar-refractivity contribution is 0.960. The van der Waals surface area contributed by atoms with Gasteiger partial charge >= 0.3 is 0 Å². The Morgan fingerprint density at radius 3 is 0.906 bits per heavy atom. The van der Waals surface area contributed by atoms with Gasteiger partial charge in [-0.25, -0.2) is 0 Å². The molecule has 0 nitrogen and oxygen atoms in total. The lowest BCUT2D eigenvalue weighted by Gasteiger charge is -2.20. The number of hydrogen-bond acceptors (Lipinski definition) is 0. The van der Waals surface area contributed by atoms with Crippen molar-refractivity contribution >= 4 is 0 Å². The Bertz CT molecular complexity index is 1100. The van der Waals surface area contributed by atoms with Crippen LogP contribution in [0.15, 0.2) is 109 Å². The lowest BCUT2D eigenvalue weighted by atomic mass is 9.83. The molecule has 4 aromatic rings. The largest absolute Gasteiger partial charge is 0.0757 e. The number of fused-ring (bicyclic) bond motifs is 4. The molecule has 0 saturated heterocycles. The normalized spacial score (nSPS) is 15.9. The van der Waals surface area contributed by atoms with Crippen LogP contribution in [0.4, 0.5) is 0 Å². The minimum Gasteiger partial charge on any atom is -0.0757 e. The molecule has 2 aliphatic carbocycles. The molecule has 0 amide bonds. The predicted octanol–water partition coefficient (Wildman–Crippen LogP) is 7.40. The Labute approximate surface area is 191 Å². The van der Waals surface area contributed by atoms with Crippen LogP contribution in [0.1, 0.15) is 56.3 Å². The smallest absolute Gasteiger partial charge is 0.0275 e. The third-order valence-electron chi connectivity index (χ3n) is 7.38. The summed E-state index contributed by atoms with van der Waals surface area (Å²) in [6.07, 6.45) is 9.46. The first-order valence-corrected chi connectivity index (χ1v) is 11.9. The van der Waals surface area contributed by atoms with Gasteiger partial charge in [0.1, 0.15) is 0 Å². The Kier molecular flexibility index (Phi) is 5.00. The zero-order chi connectivity index (χ0) is 21.3. The van der Waals surface area contributed by atoms with Crippen molar-refractivity contribution in [2.24, 2.45) is 0 Å². The van der Waals surface area contributed by atoms with Gasteiger partial charge in [0.25, 0.3) is 0 Å². The molecule has 0 radical (unpaired) electrons. The molecule has 32 heavy (non-hydrogen) atoms. The summed E-state index contributed by atoms with van der Waals surface area (Å²) in [5.74, 6) is 0.597. The first kappa shape index (κ1) is 19.3. The SMILES string of the molecule is C(=CC1c2ccccc2CCc2ccccc21)C1c2ccccc2CCc2ccccc21. The van der Waals surface area contributed by atoms with Gasteiger partial charge < -0.3 is 0 Å². The highest BCUT2D eigenvalue weighted by Gasteiger charge is 2.24. The topological polar surface area (TPSA) is 0 Å². The van der Waals surface area contributed by atoms with Crippen LogP contribution in [-0.4, -0.2) is 0 Å². The molecule has 0 atom stereocenters. The molecule has 0 unspecified atom stereocenters. The molecule has 0 heteroatoms. The van der Waals surface area contributed by atoms with Gasteiger partial charge in [-0.2, -0.15) is 0 Å². The number of aryl methyl sites for hydroxylation is 4. The van der Waals surface area contributed by atoms with Gasteiger partial charge in [-0.1, -0.05) is 109 Å². The first-order chi connectivity index (χ1) is 15.9. The molecule has 0 spiro atoms. The van der Waals surface area contributed by atoms with Gasteiger partial charge in [-0.3, -0.25) is 0 Å². The predicted molar refractivity (Wildman–Crippen MR) is 133 cm³/mol. The van der Waals surface area contributed by atoms with E-state index in [-0.39, 0.29) is 0 Å². The van der Waals surface area contributed by atoms with Crippen LogP contribution >= 0.6 is 0 Å². The molecule has 0 aliphatic heterocycles. The van der Waals surface area contributed by atoms with Crippen LogP contribution in [0.5, 0.6) is 0 Å². The zero-order valence-electron chi connectivity index (χ0n) is 18.4. The highest BCUT2D eigenvalue weighted by atomic mass is 14.3. The highest BCUT2D eigenvalue weighted by Crippen LogP contribution is 2.39. The summed E-state index contributed by atoms with van der Waals surface area (Å²) in [5.41, 5.74) is 11.8. The summed E-state index contributed by atoms with van der Waals surface area (Å²) in [6.45, 7) is 0. The van der Waals surface area contributed by atoms with Crippen molar-refractivity contribution in [2.75, 3.05) is 0 Å². The highest BCUT2D eigenvalue weighted by molar-refractivity contribution is 5.51. The monoisotopic (exact) mass is 412 g/mol. The molecular formula is C32H28. The van der Waals surface area contributed by atoms with Gasteiger partial charge in [0.05, 0.1) is 0 Å². The van der Waals surface area contributed by atoms with Crippen LogP contribution in [0.3, 0.4) is 0 Å². The standard InChI is InChI=1S/C32H28/c1-5-13-27-23(9-1)17-18-24-10-2-6-14-28(24)31(27)21-22-32-29-15-7-3-11-25(29)19-20-26-12-4-8-16-30(26)32/h1-16,21-22,31-32H,17-20H2. The van der Waals surface area contributed by atoms with Gasteiger partial charge in [0.15, 0.2) is 0 Å². The minimum atomic E-state index is 0.299. The summed E-state index contributed by atoms with van der Waals surface area (Å²) in [7, 11) is 0. The van der Waals surface area contributed by atoms with Crippen LogP contribution in [-0.2, 0) is 25.7 Å². The molecule has 0 fully saturated rings. The van der Waals surface area contributed by atoms with Crippen molar-refractivity contribution < 1.29 is 0 Å². The summed E-state index contributed by atoms with van der Waals surface area (Å²) in [6, 6.07) is 36.2. The van der Waals surface area contributed by atoms with Crippen LogP contribution < -0.4 is 0 Å². The lowest BCUT2D eigenvalue weighted by Crippen LogP contribution is -2.04. The average molecular weight is 413 g/mol. The van der Waals surface area contributed by atoms with E-state index in [0.717, 1.165) is 25.7 Å². The van der Waals surface area contributed by atoms with E-state index >= 15 is 0 Å². The molecule has 6 rings (SSSR count). The summed E-state index contributed by atoms with van der Waals surface area (Å²) < 4.78 is 0. The van der Waals surface area contributed by atoms with E-state index < -0.39 is 0 Å². The van der Waals surface area contributed by atoms with E-state index in [0.29, 0.717) is 11.8 Å². The van der Waals surface area contributed by atoms with Gasteiger partial charge in [0, 0.05) is 11.8 Å². The van der Waals surface area contributed by atoms with Crippen molar-refractivity contribution in [2.45, 2.75) is 37.5 Å². The van der Waals surface area contributed by atoms with Crippen molar-refractivity contribution in [3.8, 4) is 0 Å². The minimum absolute atomic E-state index is 0.299. The summed E-state index contributed by atoms with van der Waals surface area (Å²) in [4.78, 5) is 0. The molecule has 2 aliphatic rings.